The van der Waals surface area contributed by atoms with Gasteiger partial charge in [0.2, 0.25) is 0 Å². The van der Waals surface area contributed by atoms with Gasteiger partial charge in [-0.1, -0.05) is 24.3 Å². The van der Waals surface area contributed by atoms with E-state index in [1.807, 2.05) is 12.1 Å². The van der Waals surface area contributed by atoms with Crippen molar-refractivity contribution in [2.24, 2.45) is 11.7 Å². The zero-order valence-corrected chi connectivity index (χ0v) is 10.5. The third-order valence-corrected chi connectivity index (χ3v) is 3.52. The molecule has 4 heteroatoms. The molecule has 18 heavy (non-hydrogen) atoms. The van der Waals surface area contributed by atoms with Crippen LogP contribution in [0.2, 0.25) is 0 Å². The van der Waals surface area contributed by atoms with Gasteiger partial charge in [0.15, 0.2) is 0 Å². The van der Waals surface area contributed by atoms with Gasteiger partial charge in [0.05, 0.1) is 5.92 Å². The average molecular weight is 248 g/mol. The van der Waals surface area contributed by atoms with Gasteiger partial charge in [-0.15, -0.1) is 0 Å². The summed E-state index contributed by atoms with van der Waals surface area (Å²) in [6.07, 6.45) is 1.77. The van der Waals surface area contributed by atoms with E-state index in [-0.39, 0.29) is 5.92 Å². The highest BCUT2D eigenvalue weighted by atomic mass is 16.4. The fourth-order valence-electron chi connectivity index (χ4n) is 2.44. The number of aliphatic carboxylic acids is 1. The molecule has 0 aliphatic carbocycles. The second-order valence-electron chi connectivity index (χ2n) is 4.93. The first-order valence-electron chi connectivity index (χ1n) is 6.42. The van der Waals surface area contributed by atoms with Crippen LogP contribution < -0.4 is 5.73 Å². The van der Waals surface area contributed by atoms with Crippen LogP contribution in [0, 0.1) is 5.92 Å². The molecule has 1 heterocycles. The van der Waals surface area contributed by atoms with Crippen LogP contribution in [0.1, 0.15) is 24.0 Å². The number of rotatable bonds is 4. The van der Waals surface area contributed by atoms with E-state index in [0.29, 0.717) is 13.1 Å². The van der Waals surface area contributed by atoms with Crippen LogP contribution in [0.5, 0.6) is 0 Å². The molecule has 0 spiro atoms. The number of nitrogens with two attached hydrogens (primary N) is 1. The van der Waals surface area contributed by atoms with Crippen molar-refractivity contribution >= 4 is 5.97 Å². The minimum absolute atomic E-state index is 0.206. The fourth-order valence-corrected chi connectivity index (χ4v) is 2.44. The van der Waals surface area contributed by atoms with Crippen molar-refractivity contribution in [3.05, 3.63) is 35.4 Å². The number of hydrogen-bond acceptors (Lipinski definition) is 3. The second-order valence-corrected chi connectivity index (χ2v) is 4.93. The van der Waals surface area contributed by atoms with Crippen molar-refractivity contribution < 1.29 is 9.90 Å². The van der Waals surface area contributed by atoms with E-state index in [4.69, 9.17) is 10.8 Å². The first-order chi connectivity index (χ1) is 8.69. The standard InChI is InChI=1S/C14H20N2O2/c15-8-11-3-5-12(6-4-11)9-16-7-1-2-13(10-16)14(17)18/h3-6,13H,1-2,7-10,15H2,(H,17,18). The molecule has 0 saturated carbocycles. The summed E-state index contributed by atoms with van der Waals surface area (Å²) in [5, 5.41) is 9.05. The second kappa shape index (κ2) is 5.98. The molecule has 1 unspecified atom stereocenters. The fraction of sp³-hybridized carbons (Fsp3) is 0.500. The van der Waals surface area contributed by atoms with Crippen molar-refractivity contribution in [3.8, 4) is 0 Å². The van der Waals surface area contributed by atoms with E-state index < -0.39 is 5.97 Å². The van der Waals surface area contributed by atoms with Crippen molar-refractivity contribution in [2.75, 3.05) is 13.1 Å². The first kappa shape index (κ1) is 13.1. The van der Waals surface area contributed by atoms with Crippen LogP contribution in [0.25, 0.3) is 0 Å². The molecule has 0 bridgehead atoms. The molecule has 1 aliphatic heterocycles. The highest BCUT2D eigenvalue weighted by Gasteiger charge is 2.25. The first-order valence-corrected chi connectivity index (χ1v) is 6.42. The Morgan fingerprint density at radius 3 is 2.61 bits per heavy atom. The van der Waals surface area contributed by atoms with Crippen LogP contribution in [-0.2, 0) is 17.9 Å². The lowest BCUT2D eigenvalue weighted by Crippen LogP contribution is -2.38. The Bertz CT molecular complexity index is 403. The largest absolute Gasteiger partial charge is 0.481 e. The Morgan fingerprint density at radius 1 is 1.33 bits per heavy atom. The van der Waals surface area contributed by atoms with Gasteiger partial charge < -0.3 is 10.8 Å². The zero-order chi connectivity index (χ0) is 13.0. The van der Waals surface area contributed by atoms with E-state index >= 15 is 0 Å². The number of hydrogen-bond donors (Lipinski definition) is 2. The summed E-state index contributed by atoms with van der Waals surface area (Å²) in [4.78, 5) is 13.2. The predicted octanol–water partition coefficient (Wildman–Crippen LogP) is 1.44. The van der Waals surface area contributed by atoms with Crippen LogP contribution in [-0.4, -0.2) is 29.1 Å². The number of carboxylic acids is 1. The highest BCUT2D eigenvalue weighted by Crippen LogP contribution is 2.18. The van der Waals surface area contributed by atoms with Crippen molar-refractivity contribution in [1.82, 2.24) is 4.90 Å². The summed E-state index contributed by atoms with van der Waals surface area (Å²) in [6, 6.07) is 8.22. The van der Waals surface area contributed by atoms with Gasteiger partial charge in [0, 0.05) is 19.6 Å². The SMILES string of the molecule is NCc1ccc(CN2CCCC(C(=O)O)C2)cc1. The third kappa shape index (κ3) is 3.31. The maximum atomic E-state index is 11.0. The summed E-state index contributed by atoms with van der Waals surface area (Å²) < 4.78 is 0. The summed E-state index contributed by atoms with van der Waals surface area (Å²) in [5.41, 5.74) is 7.91. The molecule has 1 aromatic carbocycles. The topological polar surface area (TPSA) is 66.6 Å². The minimum Gasteiger partial charge on any atom is -0.481 e. The van der Waals surface area contributed by atoms with E-state index in [0.717, 1.165) is 31.5 Å². The Labute approximate surface area is 107 Å². The number of nitrogens with zero attached hydrogens (tertiary/aromatic N) is 1. The van der Waals surface area contributed by atoms with Crippen LogP contribution in [0.15, 0.2) is 24.3 Å². The van der Waals surface area contributed by atoms with Crippen molar-refractivity contribution in [1.29, 1.82) is 0 Å². The van der Waals surface area contributed by atoms with E-state index in [1.165, 1.54) is 5.56 Å². The Hall–Kier alpha value is -1.39. The summed E-state index contributed by atoms with van der Waals surface area (Å²) >= 11 is 0. The molecule has 1 aliphatic rings. The molecule has 0 aromatic heterocycles. The van der Waals surface area contributed by atoms with E-state index in [1.54, 1.807) is 0 Å². The lowest BCUT2D eigenvalue weighted by molar-refractivity contribution is -0.143. The number of carboxylic acid groups (broad SMARTS) is 1. The number of benzene rings is 1. The maximum Gasteiger partial charge on any atom is 0.307 e. The van der Waals surface area contributed by atoms with Gasteiger partial charge in [-0.2, -0.15) is 0 Å². The van der Waals surface area contributed by atoms with Gasteiger partial charge >= 0.3 is 5.97 Å². The normalized spacial score (nSPS) is 20.8. The number of carbonyl (C=O) groups is 1. The lowest BCUT2D eigenvalue weighted by atomic mass is 9.98. The van der Waals surface area contributed by atoms with Crippen molar-refractivity contribution in [2.45, 2.75) is 25.9 Å². The molecule has 1 fully saturated rings. The molecule has 1 aromatic rings. The number of likely N-dealkylation sites (tertiary alicyclic amines) is 1. The summed E-state index contributed by atoms with van der Waals surface area (Å²) in [5.74, 6) is -0.875. The average Bonchev–Trinajstić information content (AvgIpc) is 2.40. The molecule has 98 valence electrons. The van der Waals surface area contributed by atoms with Crippen LogP contribution >= 0.6 is 0 Å². The lowest BCUT2D eigenvalue weighted by Gasteiger charge is -2.30. The Balaban J connectivity index is 1.93. The van der Waals surface area contributed by atoms with Crippen LogP contribution in [0.3, 0.4) is 0 Å². The quantitative estimate of drug-likeness (QED) is 0.846. The van der Waals surface area contributed by atoms with Gasteiger partial charge in [-0.3, -0.25) is 9.69 Å². The van der Waals surface area contributed by atoms with Crippen molar-refractivity contribution in [3.63, 3.8) is 0 Å². The predicted molar refractivity (Wildman–Crippen MR) is 70.0 cm³/mol. The molecule has 0 amide bonds. The molecule has 1 saturated heterocycles. The number of piperidine rings is 1. The van der Waals surface area contributed by atoms with Gasteiger partial charge in [0.1, 0.15) is 0 Å². The molecule has 1 atom stereocenters. The molecule has 0 radical (unpaired) electrons. The monoisotopic (exact) mass is 248 g/mol. The van der Waals surface area contributed by atoms with Gasteiger partial charge in [-0.05, 0) is 30.5 Å². The van der Waals surface area contributed by atoms with Gasteiger partial charge in [-0.25, -0.2) is 0 Å². The Kier molecular flexibility index (Phi) is 4.33. The van der Waals surface area contributed by atoms with E-state index in [9.17, 15) is 4.79 Å². The Morgan fingerprint density at radius 2 is 2.00 bits per heavy atom. The molecule has 4 nitrogen and oxygen atoms in total. The highest BCUT2D eigenvalue weighted by molar-refractivity contribution is 5.70. The summed E-state index contributed by atoms with van der Waals surface area (Å²) in [6.45, 7) is 3.04. The smallest absolute Gasteiger partial charge is 0.307 e. The third-order valence-electron chi connectivity index (χ3n) is 3.52. The molecule has 3 N–H and O–H groups in total. The minimum atomic E-state index is -0.668. The molecular formula is C14H20N2O2. The molecule has 2 rings (SSSR count). The zero-order valence-electron chi connectivity index (χ0n) is 10.5. The molecular weight excluding hydrogens is 228 g/mol. The van der Waals surface area contributed by atoms with Crippen LogP contribution in [0.4, 0.5) is 0 Å². The maximum absolute atomic E-state index is 11.0. The summed E-state index contributed by atoms with van der Waals surface area (Å²) in [7, 11) is 0. The van der Waals surface area contributed by atoms with Gasteiger partial charge in [0.25, 0.3) is 0 Å². The van der Waals surface area contributed by atoms with E-state index in [2.05, 4.69) is 17.0 Å².